The number of rotatable bonds is 2. The van der Waals surface area contributed by atoms with E-state index in [0.717, 1.165) is 16.1 Å². The third kappa shape index (κ3) is 4.49. The molecule has 4 aromatic rings. The van der Waals surface area contributed by atoms with Gasteiger partial charge in [-0.05, 0) is 34.0 Å². The fraction of sp³-hybridized carbons (Fsp3) is 0. The fourth-order valence-corrected chi connectivity index (χ4v) is 2.77. The van der Waals surface area contributed by atoms with Crippen molar-refractivity contribution in [3.63, 3.8) is 0 Å². The minimum Gasteiger partial charge on any atom is -0.139 e. The van der Waals surface area contributed by atoms with Gasteiger partial charge in [-0.15, -0.1) is 10.2 Å². The quantitative estimate of drug-likeness (QED) is 0.478. The van der Waals surface area contributed by atoms with Crippen molar-refractivity contribution in [3.8, 4) is 22.3 Å². The molecule has 3 nitrogen and oxygen atoms in total. The summed E-state index contributed by atoms with van der Waals surface area (Å²) in [6, 6.07) is 28.4. The van der Waals surface area contributed by atoms with Crippen molar-refractivity contribution in [2.75, 3.05) is 0 Å². The number of aromatic nitrogens is 3. The van der Waals surface area contributed by atoms with E-state index >= 15 is 0 Å². The van der Waals surface area contributed by atoms with Crippen LogP contribution in [-0.2, 0) is 0 Å². The third-order valence-corrected chi connectivity index (χ3v) is 3.88. The van der Waals surface area contributed by atoms with Gasteiger partial charge in [-0.25, -0.2) is 0 Å². The maximum absolute atomic E-state index is 6.41. The minimum absolute atomic E-state index is 0.785. The molecule has 0 atom stereocenters. The smallest absolute Gasteiger partial charge is 0.0529 e. The van der Waals surface area contributed by atoms with Crippen LogP contribution in [0, 0.1) is 0 Å². The fourth-order valence-electron chi connectivity index (χ4n) is 2.49. The van der Waals surface area contributed by atoms with Crippen LogP contribution in [0.4, 0.5) is 0 Å². The van der Waals surface area contributed by atoms with Crippen molar-refractivity contribution in [1.29, 1.82) is 0 Å². The Balaban J connectivity index is 0.000000258. The Bertz CT molecular complexity index is 871. The summed E-state index contributed by atoms with van der Waals surface area (Å²) >= 11 is 6.41. The first-order chi connectivity index (χ1) is 12.4. The second-order valence-electron chi connectivity index (χ2n) is 5.21. The molecule has 4 heteroatoms. The molecule has 0 radical (unpaired) electrons. The molecule has 0 saturated heterocycles. The summed E-state index contributed by atoms with van der Waals surface area (Å²) in [6.07, 6.45) is 3.15. The van der Waals surface area contributed by atoms with E-state index in [4.69, 9.17) is 11.6 Å². The van der Waals surface area contributed by atoms with Gasteiger partial charge in [0, 0.05) is 10.6 Å². The number of nitrogens with zero attached hydrogens (tertiary/aromatic N) is 3. The highest BCUT2D eigenvalue weighted by atomic mass is 35.5. The molecule has 0 aliphatic carbocycles. The molecule has 0 aliphatic heterocycles. The zero-order valence-electron chi connectivity index (χ0n) is 13.5. The maximum atomic E-state index is 6.41. The Morgan fingerprint density at radius 3 is 1.68 bits per heavy atom. The van der Waals surface area contributed by atoms with Gasteiger partial charge in [0.05, 0.1) is 12.4 Å². The van der Waals surface area contributed by atoms with Crippen molar-refractivity contribution >= 4 is 11.6 Å². The van der Waals surface area contributed by atoms with Gasteiger partial charge < -0.3 is 0 Å². The van der Waals surface area contributed by atoms with Crippen LogP contribution in [-0.4, -0.2) is 15.4 Å². The Labute approximate surface area is 152 Å². The van der Waals surface area contributed by atoms with Crippen LogP contribution < -0.4 is 0 Å². The van der Waals surface area contributed by atoms with Crippen molar-refractivity contribution in [2.45, 2.75) is 0 Å². The monoisotopic (exact) mass is 345 g/mol. The molecule has 122 valence electrons. The minimum atomic E-state index is 0.785. The Morgan fingerprint density at radius 1 is 0.560 bits per heavy atom. The summed E-state index contributed by atoms with van der Waals surface area (Å²) in [4.78, 5) is 0. The highest BCUT2D eigenvalue weighted by Crippen LogP contribution is 2.37. The van der Waals surface area contributed by atoms with Crippen LogP contribution in [0.25, 0.3) is 22.3 Å². The van der Waals surface area contributed by atoms with Crippen molar-refractivity contribution in [2.24, 2.45) is 0 Å². The highest BCUT2D eigenvalue weighted by molar-refractivity contribution is 6.34. The van der Waals surface area contributed by atoms with Crippen LogP contribution in [0.2, 0.25) is 5.02 Å². The molecule has 4 rings (SSSR count). The molecule has 0 spiro atoms. The largest absolute Gasteiger partial charge is 0.139 e. The van der Waals surface area contributed by atoms with Gasteiger partial charge in [0.2, 0.25) is 0 Å². The molecule has 3 aromatic carbocycles. The van der Waals surface area contributed by atoms with Gasteiger partial charge >= 0.3 is 0 Å². The summed E-state index contributed by atoms with van der Waals surface area (Å²) in [5.41, 5.74) is 4.59. The van der Waals surface area contributed by atoms with E-state index in [1.54, 1.807) is 18.5 Å². The number of benzene rings is 3. The van der Waals surface area contributed by atoms with Crippen LogP contribution in [0.3, 0.4) is 0 Å². The molecule has 25 heavy (non-hydrogen) atoms. The average Bonchev–Trinajstić information content (AvgIpc) is 2.71. The van der Waals surface area contributed by atoms with E-state index in [0.29, 0.717) is 0 Å². The Hall–Kier alpha value is -3.04. The Kier molecular flexibility index (Phi) is 5.86. The lowest BCUT2D eigenvalue weighted by Gasteiger charge is -2.12. The molecule has 0 amide bonds. The summed E-state index contributed by atoms with van der Waals surface area (Å²) in [5, 5.41) is 10.9. The predicted molar refractivity (Wildman–Crippen MR) is 102 cm³/mol. The molecule has 0 fully saturated rings. The first-order valence-electron chi connectivity index (χ1n) is 7.84. The molecule has 0 aliphatic rings. The summed E-state index contributed by atoms with van der Waals surface area (Å²) in [5.74, 6) is 0. The van der Waals surface area contributed by atoms with E-state index in [1.807, 2.05) is 48.5 Å². The molecular formula is C21H16ClN3. The first kappa shape index (κ1) is 16.8. The third-order valence-electron chi connectivity index (χ3n) is 3.57. The number of halogens is 1. The van der Waals surface area contributed by atoms with E-state index in [1.165, 1.54) is 11.1 Å². The average molecular weight is 346 g/mol. The second-order valence-corrected chi connectivity index (χ2v) is 5.61. The van der Waals surface area contributed by atoms with Gasteiger partial charge in [-0.1, -0.05) is 84.4 Å². The first-order valence-corrected chi connectivity index (χ1v) is 8.22. The van der Waals surface area contributed by atoms with Gasteiger partial charge in [0.1, 0.15) is 0 Å². The topological polar surface area (TPSA) is 38.7 Å². The molecule has 0 bridgehead atoms. The van der Waals surface area contributed by atoms with Crippen molar-refractivity contribution in [1.82, 2.24) is 15.4 Å². The summed E-state index contributed by atoms with van der Waals surface area (Å²) in [7, 11) is 0. The maximum Gasteiger partial charge on any atom is 0.0529 e. The van der Waals surface area contributed by atoms with Gasteiger partial charge in [-0.2, -0.15) is 0 Å². The number of hydrogen-bond acceptors (Lipinski definition) is 3. The summed E-state index contributed by atoms with van der Waals surface area (Å²) in [6.45, 7) is 0. The lowest BCUT2D eigenvalue weighted by molar-refractivity contribution is 0.865. The van der Waals surface area contributed by atoms with Gasteiger partial charge in [0.15, 0.2) is 0 Å². The lowest BCUT2D eigenvalue weighted by atomic mass is 9.94. The van der Waals surface area contributed by atoms with Crippen LogP contribution >= 0.6 is 11.6 Å². The second kappa shape index (κ2) is 8.71. The molecule has 1 heterocycles. The summed E-state index contributed by atoms with van der Waals surface area (Å²) < 4.78 is 0. The van der Waals surface area contributed by atoms with E-state index < -0.39 is 0 Å². The van der Waals surface area contributed by atoms with Crippen molar-refractivity contribution < 1.29 is 0 Å². The highest BCUT2D eigenvalue weighted by Gasteiger charge is 2.10. The SMILES string of the molecule is Clc1cccc(-c2ccccc2)c1-c1ccccc1.c1cnnnc1. The molecule has 1 aromatic heterocycles. The standard InChI is InChI=1S/C18H13Cl.C3H3N3/c19-17-13-7-12-16(14-8-3-1-4-9-14)18(17)15-10-5-2-6-11-15;1-2-4-6-5-3-1/h1-13H;1-3H. The molecule has 0 unspecified atom stereocenters. The van der Waals surface area contributed by atoms with E-state index in [9.17, 15) is 0 Å². The molecule has 0 saturated carbocycles. The van der Waals surface area contributed by atoms with Crippen molar-refractivity contribution in [3.05, 3.63) is 102 Å². The number of hydrogen-bond donors (Lipinski definition) is 0. The Morgan fingerprint density at radius 2 is 1.16 bits per heavy atom. The van der Waals surface area contributed by atoms with Gasteiger partial charge in [0.25, 0.3) is 0 Å². The van der Waals surface area contributed by atoms with E-state index in [-0.39, 0.29) is 0 Å². The van der Waals surface area contributed by atoms with Crippen LogP contribution in [0.1, 0.15) is 0 Å². The predicted octanol–water partition coefficient (Wildman–Crippen LogP) is 5.55. The van der Waals surface area contributed by atoms with E-state index in [2.05, 4.69) is 45.7 Å². The van der Waals surface area contributed by atoms with Crippen LogP contribution in [0.5, 0.6) is 0 Å². The molecule has 0 N–H and O–H groups in total. The van der Waals surface area contributed by atoms with Crippen LogP contribution in [0.15, 0.2) is 97.3 Å². The van der Waals surface area contributed by atoms with Gasteiger partial charge in [-0.3, -0.25) is 0 Å². The zero-order chi connectivity index (χ0) is 17.3. The zero-order valence-corrected chi connectivity index (χ0v) is 14.2. The normalized spacial score (nSPS) is 9.80. The molecular weight excluding hydrogens is 330 g/mol. The lowest BCUT2D eigenvalue weighted by Crippen LogP contribution is -1.86.